The molecular weight excluding hydrogens is 259 g/mol. The zero-order chi connectivity index (χ0) is 12.4. The Morgan fingerprint density at radius 2 is 2.12 bits per heavy atom. The molecule has 2 N–H and O–H groups in total. The molecule has 3 nitrogen and oxygen atoms in total. The van der Waals surface area contributed by atoms with E-state index in [1.54, 1.807) is 0 Å². The summed E-state index contributed by atoms with van der Waals surface area (Å²) in [5.74, 6) is 0. The molecule has 0 aromatic heterocycles. The third-order valence-electron chi connectivity index (χ3n) is 2.85. The van der Waals surface area contributed by atoms with Crippen LogP contribution in [0.15, 0.2) is 23.2 Å². The maximum Gasteiger partial charge on any atom is 0.282 e. The van der Waals surface area contributed by atoms with Gasteiger partial charge in [0.25, 0.3) is 6.02 Å². The van der Waals surface area contributed by atoms with E-state index in [9.17, 15) is 0 Å². The minimum Gasteiger partial charge on any atom is -0.460 e. The minimum absolute atomic E-state index is 0.0535. The van der Waals surface area contributed by atoms with Gasteiger partial charge in [-0.1, -0.05) is 29.3 Å². The number of benzene rings is 1. The molecule has 17 heavy (non-hydrogen) atoms. The summed E-state index contributed by atoms with van der Waals surface area (Å²) in [5.41, 5.74) is 6.66. The lowest BCUT2D eigenvalue weighted by Gasteiger charge is -2.12. The number of rotatable bonds is 3. The Morgan fingerprint density at radius 1 is 1.35 bits per heavy atom. The maximum absolute atomic E-state index is 5.96. The van der Waals surface area contributed by atoms with Crippen LogP contribution in [-0.2, 0) is 11.2 Å². The second-order valence-corrected chi connectivity index (χ2v) is 4.96. The molecule has 2 rings (SSSR count). The standard InChI is InChI=1S/C12H14Cl2N2O/c1-7-11(16-12(15)17-7)5-3-8-2-4-9(13)10(14)6-8/h2,4,6-7,11H,3,5H2,1H3,(H2,15,16). The van der Waals surface area contributed by atoms with Gasteiger partial charge in [0, 0.05) is 0 Å². The van der Waals surface area contributed by atoms with Crippen LogP contribution in [0.1, 0.15) is 18.9 Å². The normalized spacial score (nSPS) is 23.4. The Hall–Kier alpha value is -0.930. The number of aryl methyl sites for hydroxylation is 1. The van der Waals surface area contributed by atoms with Crippen molar-refractivity contribution in [3.63, 3.8) is 0 Å². The molecular formula is C12H14Cl2N2O. The molecule has 1 heterocycles. The van der Waals surface area contributed by atoms with E-state index >= 15 is 0 Å². The summed E-state index contributed by atoms with van der Waals surface area (Å²) < 4.78 is 5.29. The van der Waals surface area contributed by atoms with Gasteiger partial charge in [-0.3, -0.25) is 0 Å². The van der Waals surface area contributed by atoms with E-state index in [1.807, 2.05) is 25.1 Å². The molecule has 0 bridgehead atoms. The molecule has 5 heteroatoms. The molecule has 1 aromatic carbocycles. The quantitative estimate of drug-likeness (QED) is 0.920. The third kappa shape index (κ3) is 3.05. The van der Waals surface area contributed by atoms with Gasteiger partial charge < -0.3 is 10.5 Å². The van der Waals surface area contributed by atoms with E-state index in [0.717, 1.165) is 18.4 Å². The van der Waals surface area contributed by atoms with Crippen molar-refractivity contribution >= 4 is 29.2 Å². The van der Waals surface area contributed by atoms with Gasteiger partial charge >= 0.3 is 0 Å². The number of halogens is 2. The Bertz CT molecular complexity index is 448. The summed E-state index contributed by atoms with van der Waals surface area (Å²) in [4.78, 5) is 4.24. The molecule has 2 atom stereocenters. The minimum atomic E-state index is 0.0535. The molecule has 1 aliphatic rings. The fraction of sp³-hybridized carbons (Fsp3) is 0.417. The summed E-state index contributed by atoms with van der Waals surface area (Å²) in [7, 11) is 0. The second kappa shape index (κ2) is 5.15. The predicted octanol–water partition coefficient (Wildman–Crippen LogP) is 3.03. The van der Waals surface area contributed by atoms with E-state index in [4.69, 9.17) is 33.7 Å². The summed E-state index contributed by atoms with van der Waals surface area (Å²) in [6.45, 7) is 1.98. The number of ether oxygens (including phenoxy) is 1. The molecule has 0 amide bonds. The molecule has 0 fully saturated rings. The zero-order valence-corrected chi connectivity index (χ0v) is 11.0. The first-order valence-electron chi connectivity index (χ1n) is 5.50. The number of amidine groups is 1. The van der Waals surface area contributed by atoms with Crippen LogP contribution in [0.5, 0.6) is 0 Å². The van der Waals surface area contributed by atoms with Gasteiger partial charge in [-0.05, 0) is 37.5 Å². The van der Waals surface area contributed by atoms with Crippen LogP contribution in [0.25, 0.3) is 0 Å². The molecule has 1 aliphatic heterocycles. The molecule has 0 radical (unpaired) electrons. The molecule has 0 spiro atoms. The van der Waals surface area contributed by atoms with Crippen LogP contribution >= 0.6 is 23.2 Å². The molecule has 0 saturated carbocycles. The number of hydrogen-bond acceptors (Lipinski definition) is 3. The van der Waals surface area contributed by atoms with E-state index < -0.39 is 0 Å². The van der Waals surface area contributed by atoms with Gasteiger partial charge in [-0.2, -0.15) is 0 Å². The average Bonchev–Trinajstić information content (AvgIpc) is 2.59. The number of nitrogens with two attached hydrogens (primary N) is 1. The Morgan fingerprint density at radius 3 is 2.71 bits per heavy atom. The number of hydrogen-bond donors (Lipinski definition) is 1. The van der Waals surface area contributed by atoms with Crippen molar-refractivity contribution in [2.75, 3.05) is 0 Å². The second-order valence-electron chi connectivity index (χ2n) is 4.14. The van der Waals surface area contributed by atoms with Gasteiger partial charge in [0.15, 0.2) is 0 Å². The molecule has 0 aliphatic carbocycles. The summed E-state index contributed by atoms with van der Waals surface area (Å²) >= 11 is 11.8. The van der Waals surface area contributed by atoms with Crippen molar-refractivity contribution in [2.24, 2.45) is 10.7 Å². The van der Waals surface area contributed by atoms with Crippen molar-refractivity contribution in [3.05, 3.63) is 33.8 Å². The predicted molar refractivity (Wildman–Crippen MR) is 70.7 cm³/mol. The maximum atomic E-state index is 5.96. The van der Waals surface area contributed by atoms with Crippen LogP contribution < -0.4 is 5.73 Å². The number of nitrogens with zero attached hydrogens (tertiary/aromatic N) is 1. The Balaban J connectivity index is 1.96. The van der Waals surface area contributed by atoms with Crippen molar-refractivity contribution < 1.29 is 4.74 Å². The molecule has 0 saturated heterocycles. The average molecular weight is 273 g/mol. The van der Waals surface area contributed by atoms with Crippen LogP contribution in [0.4, 0.5) is 0 Å². The highest BCUT2D eigenvalue weighted by molar-refractivity contribution is 6.42. The third-order valence-corrected chi connectivity index (χ3v) is 3.59. The zero-order valence-electron chi connectivity index (χ0n) is 9.49. The van der Waals surface area contributed by atoms with Crippen molar-refractivity contribution in [1.82, 2.24) is 0 Å². The highest BCUT2D eigenvalue weighted by Gasteiger charge is 2.25. The van der Waals surface area contributed by atoms with Gasteiger partial charge in [-0.25, -0.2) is 4.99 Å². The van der Waals surface area contributed by atoms with E-state index in [2.05, 4.69) is 4.99 Å². The van der Waals surface area contributed by atoms with Gasteiger partial charge in [0.2, 0.25) is 0 Å². The first-order chi connectivity index (χ1) is 8.06. The Kier molecular flexibility index (Phi) is 3.79. The highest BCUT2D eigenvalue weighted by atomic mass is 35.5. The van der Waals surface area contributed by atoms with Gasteiger partial charge in [0.1, 0.15) is 6.10 Å². The fourth-order valence-electron chi connectivity index (χ4n) is 1.88. The van der Waals surface area contributed by atoms with Gasteiger partial charge in [0.05, 0.1) is 16.1 Å². The monoisotopic (exact) mass is 272 g/mol. The van der Waals surface area contributed by atoms with E-state index in [-0.39, 0.29) is 18.2 Å². The Labute approximate surface area is 111 Å². The smallest absolute Gasteiger partial charge is 0.282 e. The van der Waals surface area contributed by atoms with Gasteiger partial charge in [-0.15, -0.1) is 0 Å². The highest BCUT2D eigenvalue weighted by Crippen LogP contribution is 2.24. The lowest BCUT2D eigenvalue weighted by atomic mass is 10.0. The van der Waals surface area contributed by atoms with E-state index in [0.29, 0.717) is 10.0 Å². The molecule has 92 valence electrons. The van der Waals surface area contributed by atoms with Crippen LogP contribution in [0, 0.1) is 0 Å². The number of aliphatic imine (C=N–C) groups is 1. The first-order valence-corrected chi connectivity index (χ1v) is 6.25. The lowest BCUT2D eigenvalue weighted by Crippen LogP contribution is -2.20. The molecule has 1 aromatic rings. The van der Waals surface area contributed by atoms with E-state index in [1.165, 1.54) is 0 Å². The van der Waals surface area contributed by atoms with Crippen LogP contribution in [0.2, 0.25) is 10.0 Å². The van der Waals surface area contributed by atoms with Crippen molar-refractivity contribution in [1.29, 1.82) is 0 Å². The lowest BCUT2D eigenvalue weighted by molar-refractivity contribution is 0.205. The summed E-state index contributed by atoms with van der Waals surface area (Å²) in [6, 6.07) is 6.09. The first kappa shape index (κ1) is 12.5. The molecule has 2 unspecified atom stereocenters. The summed E-state index contributed by atoms with van der Waals surface area (Å²) in [6.07, 6.45) is 1.82. The topological polar surface area (TPSA) is 47.6 Å². The fourth-order valence-corrected chi connectivity index (χ4v) is 2.20. The van der Waals surface area contributed by atoms with Crippen LogP contribution in [-0.4, -0.2) is 18.2 Å². The summed E-state index contributed by atoms with van der Waals surface area (Å²) in [5, 5.41) is 1.16. The van der Waals surface area contributed by atoms with Crippen molar-refractivity contribution in [2.45, 2.75) is 31.9 Å². The SMILES string of the molecule is CC1OC(N)=NC1CCc1ccc(Cl)c(Cl)c1. The van der Waals surface area contributed by atoms with Crippen molar-refractivity contribution in [3.8, 4) is 0 Å². The largest absolute Gasteiger partial charge is 0.460 e. The van der Waals surface area contributed by atoms with Crippen LogP contribution in [0.3, 0.4) is 0 Å².